The Morgan fingerprint density at radius 3 is 2.32 bits per heavy atom. The lowest BCUT2D eigenvalue weighted by Crippen LogP contribution is -2.00. The maximum absolute atomic E-state index is 12.1. The van der Waals surface area contributed by atoms with E-state index in [0.29, 0.717) is 21.6 Å². The molecule has 0 N–H and O–H groups in total. The first kappa shape index (κ1) is 14.6. The number of hydrogen-bond donors (Lipinski definition) is 0. The molecule has 1 nitrogen and oxygen atoms in total. The van der Waals surface area contributed by atoms with E-state index in [9.17, 15) is 4.21 Å². The molecule has 0 saturated carbocycles. The molecule has 0 saturated heterocycles. The van der Waals surface area contributed by atoms with E-state index in [4.69, 9.17) is 23.2 Å². The van der Waals surface area contributed by atoms with Crippen molar-refractivity contribution in [3.63, 3.8) is 0 Å². The summed E-state index contributed by atoms with van der Waals surface area (Å²) in [7, 11) is -0.973. The Kier molecular flexibility index (Phi) is 5.03. The SMILES string of the molecule is Cc1ccc(C[S@](=O)Cc2ccc(Cl)cc2Cl)cc1. The Morgan fingerprint density at radius 2 is 1.68 bits per heavy atom. The Balaban J connectivity index is 2.03. The van der Waals surface area contributed by atoms with Crippen LogP contribution in [0.5, 0.6) is 0 Å². The van der Waals surface area contributed by atoms with Crippen LogP contribution in [0.1, 0.15) is 16.7 Å². The Labute approximate surface area is 126 Å². The van der Waals surface area contributed by atoms with Crippen molar-refractivity contribution in [2.24, 2.45) is 0 Å². The standard InChI is InChI=1S/C15H14Cl2OS/c1-11-2-4-12(5-3-11)9-19(18)10-13-6-7-14(16)8-15(13)17/h2-8H,9-10H2,1H3/t19-/m0/s1. The number of rotatable bonds is 4. The lowest BCUT2D eigenvalue weighted by atomic mass is 10.2. The van der Waals surface area contributed by atoms with Crippen molar-refractivity contribution < 1.29 is 4.21 Å². The van der Waals surface area contributed by atoms with E-state index in [1.807, 2.05) is 37.3 Å². The normalized spacial score (nSPS) is 12.4. The van der Waals surface area contributed by atoms with E-state index in [1.165, 1.54) is 5.56 Å². The first-order valence-corrected chi connectivity index (χ1v) is 8.13. The maximum Gasteiger partial charge on any atom is 0.0503 e. The molecule has 19 heavy (non-hydrogen) atoms. The van der Waals surface area contributed by atoms with Crippen molar-refractivity contribution >= 4 is 34.0 Å². The van der Waals surface area contributed by atoms with Gasteiger partial charge in [0.2, 0.25) is 0 Å². The van der Waals surface area contributed by atoms with Crippen molar-refractivity contribution in [3.05, 3.63) is 69.2 Å². The fourth-order valence-corrected chi connectivity index (χ4v) is 3.55. The van der Waals surface area contributed by atoms with E-state index in [2.05, 4.69) is 0 Å². The zero-order valence-electron chi connectivity index (χ0n) is 10.5. The van der Waals surface area contributed by atoms with Gasteiger partial charge in [-0.1, -0.05) is 59.1 Å². The average Bonchev–Trinajstić information content (AvgIpc) is 2.36. The zero-order chi connectivity index (χ0) is 13.8. The van der Waals surface area contributed by atoms with Crippen LogP contribution >= 0.6 is 23.2 Å². The van der Waals surface area contributed by atoms with Gasteiger partial charge >= 0.3 is 0 Å². The molecular formula is C15H14Cl2OS. The molecule has 0 aliphatic rings. The van der Waals surface area contributed by atoms with Gasteiger partial charge in [0.1, 0.15) is 0 Å². The molecule has 100 valence electrons. The highest BCUT2D eigenvalue weighted by Crippen LogP contribution is 2.22. The second-order valence-corrected chi connectivity index (χ2v) is 6.75. The number of benzene rings is 2. The van der Waals surface area contributed by atoms with Gasteiger partial charge in [-0.05, 0) is 30.2 Å². The Bertz CT molecular complexity index is 594. The summed E-state index contributed by atoms with van der Waals surface area (Å²) in [6.45, 7) is 2.04. The summed E-state index contributed by atoms with van der Waals surface area (Å²) in [4.78, 5) is 0. The van der Waals surface area contributed by atoms with Gasteiger partial charge in [-0.2, -0.15) is 0 Å². The predicted octanol–water partition coefficient (Wildman–Crippen LogP) is 4.75. The Morgan fingerprint density at radius 1 is 1.00 bits per heavy atom. The van der Waals surface area contributed by atoms with Gasteiger partial charge in [0.15, 0.2) is 0 Å². The molecule has 0 fully saturated rings. The van der Waals surface area contributed by atoms with E-state index >= 15 is 0 Å². The monoisotopic (exact) mass is 312 g/mol. The molecule has 2 rings (SSSR count). The summed E-state index contributed by atoms with van der Waals surface area (Å²) in [5.41, 5.74) is 3.15. The van der Waals surface area contributed by atoms with Crippen LogP contribution in [-0.4, -0.2) is 4.21 Å². The van der Waals surface area contributed by atoms with Crippen molar-refractivity contribution in [1.82, 2.24) is 0 Å². The van der Waals surface area contributed by atoms with Crippen LogP contribution in [-0.2, 0) is 22.3 Å². The minimum absolute atomic E-state index is 0.448. The summed E-state index contributed by atoms with van der Waals surface area (Å²) < 4.78 is 12.1. The third kappa shape index (κ3) is 4.34. The van der Waals surface area contributed by atoms with Crippen molar-refractivity contribution in [1.29, 1.82) is 0 Å². The smallest absolute Gasteiger partial charge is 0.0503 e. The summed E-state index contributed by atoms with van der Waals surface area (Å²) in [5.74, 6) is 0.989. The molecule has 4 heteroatoms. The highest BCUT2D eigenvalue weighted by atomic mass is 35.5. The van der Waals surface area contributed by atoms with Gasteiger partial charge < -0.3 is 0 Å². The lowest BCUT2D eigenvalue weighted by Gasteiger charge is -2.06. The molecular weight excluding hydrogens is 299 g/mol. The quantitative estimate of drug-likeness (QED) is 0.796. The second kappa shape index (κ2) is 6.56. The van der Waals surface area contributed by atoms with E-state index in [1.54, 1.807) is 12.1 Å². The molecule has 0 heterocycles. The highest BCUT2D eigenvalue weighted by molar-refractivity contribution is 7.83. The second-order valence-electron chi connectivity index (χ2n) is 4.45. The molecule has 0 bridgehead atoms. The molecule has 0 spiro atoms. The average molecular weight is 313 g/mol. The van der Waals surface area contributed by atoms with Crippen LogP contribution in [0.25, 0.3) is 0 Å². The van der Waals surface area contributed by atoms with Crippen LogP contribution in [0.2, 0.25) is 10.0 Å². The third-order valence-corrected chi connectivity index (χ3v) is 4.66. The van der Waals surface area contributed by atoms with Gasteiger partial charge in [-0.3, -0.25) is 4.21 Å². The van der Waals surface area contributed by atoms with Crippen LogP contribution in [0.4, 0.5) is 0 Å². The molecule has 1 atom stereocenters. The Hall–Kier alpha value is -0.830. The third-order valence-electron chi connectivity index (χ3n) is 2.78. The number of hydrogen-bond acceptors (Lipinski definition) is 1. The van der Waals surface area contributed by atoms with E-state index in [-0.39, 0.29) is 0 Å². The molecule has 2 aromatic rings. The zero-order valence-corrected chi connectivity index (χ0v) is 12.9. The number of aryl methyl sites for hydroxylation is 1. The van der Waals surface area contributed by atoms with E-state index in [0.717, 1.165) is 11.1 Å². The largest absolute Gasteiger partial charge is 0.259 e. The lowest BCUT2D eigenvalue weighted by molar-refractivity contribution is 0.682. The van der Waals surface area contributed by atoms with Crippen LogP contribution < -0.4 is 0 Å². The first-order chi connectivity index (χ1) is 9.04. The van der Waals surface area contributed by atoms with Crippen LogP contribution in [0, 0.1) is 6.92 Å². The van der Waals surface area contributed by atoms with E-state index < -0.39 is 10.8 Å². The van der Waals surface area contributed by atoms with Crippen molar-refractivity contribution in [2.45, 2.75) is 18.4 Å². The van der Waals surface area contributed by atoms with Crippen molar-refractivity contribution in [3.8, 4) is 0 Å². The molecule has 0 unspecified atom stereocenters. The summed E-state index contributed by atoms with van der Waals surface area (Å²) in [6, 6.07) is 13.4. The molecule has 0 aliphatic carbocycles. The fourth-order valence-electron chi connectivity index (χ4n) is 1.73. The minimum Gasteiger partial charge on any atom is -0.259 e. The fraction of sp³-hybridized carbons (Fsp3) is 0.200. The predicted molar refractivity (Wildman–Crippen MR) is 83.2 cm³/mol. The molecule has 2 aromatic carbocycles. The summed E-state index contributed by atoms with van der Waals surface area (Å²) in [5, 5.41) is 1.17. The molecule has 0 aliphatic heterocycles. The van der Waals surface area contributed by atoms with Gasteiger partial charge in [0.25, 0.3) is 0 Å². The molecule has 0 aromatic heterocycles. The topological polar surface area (TPSA) is 17.1 Å². The van der Waals surface area contributed by atoms with Gasteiger partial charge in [-0.25, -0.2) is 0 Å². The van der Waals surface area contributed by atoms with Crippen molar-refractivity contribution in [2.75, 3.05) is 0 Å². The van der Waals surface area contributed by atoms with Gasteiger partial charge in [-0.15, -0.1) is 0 Å². The van der Waals surface area contributed by atoms with Gasteiger partial charge in [0, 0.05) is 26.6 Å². The maximum atomic E-state index is 12.1. The van der Waals surface area contributed by atoms with Crippen LogP contribution in [0.15, 0.2) is 42.5 Å². The van der Waals surface area contributed by atoms with Crippen LogP contribution in [0.3, 0.4) is 0 Å². The first-order valence-electron chi connectivity index (χ1n) is 5.89. The van der Waals surface area contributed by atoms with Gasteiger partial charge in [0.05, 0.1) is 5.75 Å². The minimum atomic E-state index is -0.973. The number of halogens is 2. The molecule has 0 radical (unpaired) electrons. The highest BCUT2D eigenvalue weighted by Gasteiger charge is 2.07. The molecule has 0 amide bonds. The summed E-state index contributed by atoms with van der Waals surface area (Å²) in [6.07, 6.45) is 0. The summed E-state index contributed by atoms with van der Waals surface area (Å²) >= 11 is 11.9.